The van der Waals surface area contributed by atoms with Crippen molar-refractivity contribution in [3.05, 3.63) is 86.4 Å². The Morgan fingerprint density at radius 3 is 2.33 bits per heavy atom. The van der Waals surface area contributed by atoms with Crippen LogP contribution < -0.4 is 15.4 Å². The molecule has 0 fully saturated rings. The maximum absolute atomic E-state index is 12.2. The first kappa shape index (κ1) is 22.3. The maximum atomic E-state index is 12.2. The normalized spacial score (nSPS) is 10.6. The average Bonchev–Trinajstić information content (AvgIpc) is 2.68. The van der Waals surface area contributed by atoms with Crippen LogP contribution in [-0.2, 0) is 11.3 Å². The van der Waals surface area contributed by atoms with E-state index in [1.807, 2.05) is 56.3 Å². The largest absolute Gasteiger partial charge is 0.481 e. The summed E-state index contributed by atoms with van der Waals surface area (Å²) in [7, 11) is 0. The predicted molar refractivity (Wildman–Crippen MR) is 125 cm³/mol. The van der Waals surface area contributed by atoms with Gasteiger partial charge >= 0.3 is 0 Å². The molecule has 0 unspecified atom stereocenters. The molecule has 4 nitrogen and oxygen atoms in total. The van der Waals surface area contributed by atoms with Gasteiger partial charge < -0.3 is 15.4 Å². The number of rotatable bonds is 7. The minimum Gasteiger partial charge on any atom is -0.481 e. The van der Waals surface area contributed by atoms with Gasteiger partial charge in [-0.3, -0.25) is 4.79 Å². The highest BCUT2D eigenvalue weighted by Gasteiger charge is 2.13. The van der Waals surface area contributed by atoms with Crippen molar-refractivity contribution in [2.24, 2.45) is 0 Å². The van der Waals surface area contributed by atoms with E-state index in [-0.39, 0.29) is 18.3 Å². The number of ether oxygens (including phenoxy) is 1. The monoisotopic (exact) mass is 462 g/mol. The van der Waals surface area contributed by atoms with E-state index in [1.54, 1.807) is 12.1 Å². The fourth-order valence-corrected chi connectivity index (χ4v) is 3.72. The van der Waals surface area contributed by atoms with E-state index in [2.05, 4.69) is 10.6 Å². The quantitative estimate of drug-likeness (QED) is 0.401. The molecule has 0 aliphatic heterocycles. The summed E-state index contributed by atoms with van der Waals surface area (Å²) >= 11 is 18.8. The second-order valence-electron chi connectivity index (χ2n) is 6.86. The van der Waals surface area contributed by atoms with Crippen LogP contribution in [0, 0.1) is 13.8 Å². The number of carbonyl (C=O) groups excluding carboxylic acids is 1. The molecule has 0 heterocycles. The molecule has 3 aromatic carbocycles. The minimum absolute atomic E-state index is 0.202. The van der Waals surface area contributed by atoms with E-state index >= 15 is 0 Å². The molecule has 3 rings (SSSR count). The molecule has 0 saturated heterocycles. The van der Waals surface area contributed by atoms with Gasteiger partial charge in [0.15, 0.2) is 12.4 Å². The van der Waals surface area contributed by atoms with Crippen molar-refractivity contribution in [3.8, 4) is 5.75 Å². The number of amides is 1. The van der Waals surface area contributed by atoms with Crippen molar-refractivity contribution in [3.63, 3.8) is 0 Å². The van der Waals surface area contributed by atoms with Crippen LogP contribution in [-0.4, -0.2) is 12.5 Å². The second kappa shape index (κ2) is 10.1. The summed E-state index contributed by atoms with van der Waals surface area (Å²) in [6.45, 7) is 4.21. The maximum Gasteiger partial charge on any atom is 0.262 e. The van der Waals surface area contributed by atoms with Gasteiger partial charge in [-0.1, -0.05) is 53.0 Å². The Kier molecular flexibility index (Phi) is 7.48. The van der Waals surface area contributed by atoms with Crippen LogP contribution in [0.25, 0.3) is 0 Å². The van der Waals surface area contributed by atoms with Crippen LogP contribution in [0.4, 0.5) is 11.4 Å². The van der Waals surface area contributed by atoms with Gasteiger partial charge in [-0.15, -0.1) is 0 Å². The number of halogens is 3. The summed E-state index contributed by atoms with van der Waals surface area (Å²) in [5, 5.41) is 7.47. The second-order valence-corrected chi connectivity index (χ2v) is 8.08. The van der Waals surface area contributed by atoms with Crippen molar-refractivity contribution in [2.75, 3.05) is 17.2 Å². The molecule has 0 aliphatic carbocycles. The van der Waals surface area contributed by atoms with E-state index in [4.69, 9.17) is 39.5 Å². The summed E-state index contributed by atoms with van der Waals surface area (Å²) in [6.07, 6.45) is 0. The molecular formula is C23H21Cl3N2O2. The van der Waals surface area contributed by atoms with E-state index < -0.39 is 0 Å². The summed E-state index contributed by atoms with van der Waals surface area (Å²) in [5.41, 5.74) is 4.54. The molecule has 2 N–H and O–H groups in total. The van der Waals surface area contributed by atoms with Crippen molar-refractivity contribution in [1.29, 1.82) is 0 Å². The van der Waals surface area contributed by atoms with Crippen LogP contribution in [0.2, 0.25) is 15.1 Å². The third-order valence-electron chi connectivity index (χ3n) is 4.46. The Hall–Kier alpha value is -2.40. The van der Waals surface area contributed by atoms with Crippen molar-refractivity contribution in [2.45, 2.75) is 20.4 Å². The van der Waals surface area contributed by atoms with Crippen LogP contribution in [0.15, 0.2) is 54.6 Å². The lowest BCUT2D eigenvalue weighted by atomic mass is 10.1. The van der Waals surface area contributed by atoms with Crippen molar-refractivity contribution >= 4 is 52.1 Å². The number of nitrogens with one attached hydrogen (secondary N) is 2. The van der Waals surface area contributed by atoms with Crippen LogP contribution in [0.1, 0.15) is 16.7 Å². The van der Waals surface area contributed by atoms with Gasteiger partial charge in [0.1, 0.15) is 0 Å². The summed E-state index contributed by atoms with van der Waals surface area (Å²) in [6, 6.07) is 16.7. The molecule has 7 heteroatoms. The van der Waals surface area contributed by atoms with Gasteiger partial charge in [-0.25, -0.2) is 0 Å². The highest BCUT2D eigenvalue weighted by molar-refractivity contribution is 6.37. The number of benzene rings is 3. The van der Waals surface area contributed by atoms with Crippen LogP contribution in [0.3, 0.4) is 0 Å². The Bertz CT molecular complexity index is 1050. The zero-order chi connectivity index (χ0) is 21.7. The molecule has 0 aliphatic rings. The molecule has 0 bridgehead atoms. The Morgan fingerprint density at radius 1 is 0.933 bits per heavy atom. The molecule has 30 heavy (non-hydrogen) atoms. The first-order valence-electron chi connectivity index (χ1n) is 9.29. The molecule has 0 spiro atoms. The number of aryl methyl sites for hydroxylation is 1. The summed E-state index contributed by atoms with van der Waals surface area (Å²) < 4.78 is 5.57. The molecule has 0 radical (unpaired) electrons. The van der Waals surface area contributed by atoms with Gasteiger partial charge in [0.05, 0.1) is 10.0 Å². The van der Waals surface area contributed by atoms with Crippen LogP contribution >= 0.6 is 34.8 Å². The third kappa shape index (κ3) is 5.82. The zero-order valence-electron chi connectivity index (χ0n) is 16.6. The molecule has 3 aromatic rings. The standard InChI is InChI=1S/C23H21Cl3N2O2/c1-14-5-3-6-17(9-14)28-22(29)13-30-23-19(25)10-16(11-20(23)26)12-27-21-8-4-7-18(24)15(21)2/h3-11,27H,12-13H2,1-2H3,(H,28,29). The average molecular weight is 464 g/mol. The number of anilines is 2. The summed E-state index contributed by atoms with van der Waals surface area (Å²) in [5.74, 6) is -0.0182. The fraction of sp³-hybridized carbons (Fsp3) is 0.174. The molecular weight excluding hydrogens is 443 g/mol. The third-order valence-corrected chi connectivity index (χ3v) is 5.43. The number of hydrogen-bond donors (Lipinski definition) is 2. The van der Waals surface area contributed by atoms with E-state index in [0.717, 1.165) is 22.4 Å². The van der Waals surface area contributed by atoms with Gasteiger partial charge in [0, 0.05) is 22.9 Å². The van der Waals surface area contributed by atoms with E-state index in [1.165, 1.54) is 0 Å². The van der Waals surface area contributed by atoms with Crippen molar-refractivity contribution < 1.29 is 9.53 Å². The van der Waals surface area contributed by atoms with E-state index in [9.17, 15) is 4.79 Å². The minimum atomic E-state index is -0.296. The Morgan fingerprint density at radius 2 is 1.63 bits per heavy atom. The zero-order valence-corrected chi connectivity index (χ0v) is 18.8. The van der Waals surface area contributed by atoms with Gasteiger partial charge in [0.2, 0.25) is 0 Å². The lowest BCUT2D eigenvalue weighted by Gasteiger charge is -2.14. The molecule has 0 saturated carbocycles. The topological polar surface area (TPSA) is 50.4 Å². The first-order valence-corrected chi connectivity index (χ1v) is 10.4. The first-order chi connectivity index (χ1) is 14.3. The van der Waals surface area contributed by atoms with Crippen LogP contribution in [0.5, 0.6) is 5.75 Å². The fourth-order valence-electron chi connectivity index (χ4n) is 2.91. The Balaban J connectivity index is 1.61. The molecule has 0 atom stereocenters. The summed E-state index contributed by atoms with van der Waals surface area (Å²) in [4.78, 5) is 12.2. The molecule has 156 valence electrons. The smallest absolute Gasteiger partial charge is 0.262 e. The highest BCUT2D eigenvalue weighted by Crippen LogP contribution is 2.34. The van der Waals surface area contributed by atoms with Gasteiger partial charge in [-0.05, 0) is 66.9 Å². The number of carbonyl (C=O) groups is 1. The van der Waals surface area contributed by atoms with Gasteiger partial charge in [-0.2, -0.15) is 0 Å². The molecule has 1 amide bonds. The lowest BCUT2D eigenvalue weighted by molar-refractivity contribution is -0.118. The highest BCUT2D eigenvalue weighted by atomic mass is 35.5. The lowest BCUT2D eigenvalue weighted by Crippen LogP contribution is -2.20. The van der Waals surface area contributed by atoms with E-state index in [0.29, 0.717) is 27.3 Å². The number of hydrogen-bond acceptors (Lipinski definition) is 3. The predicted octanol–water partition coefficient (Wildman–Crippen LogP) is 6.89. The Labute approximate surface area is 191 Å². The SMILES string of the molecule is Cc1cccc(NC(=O)COc2c(Cl)cc(CNc3cccc(Cl)c3C)cc2Cl)c1. The van der Waals surface area contributed by atoms with Gasteiger partial charge in [0.25, 0.3) is 5.91 Å². The molecule has 0 aromatic heterocycles. The van der Waals surface area contributed by atoms with Crippen molar-refractivity contribution in [1.82, 2.24) is 0 Å².